The highest BCUT2D eigenvalue weighted by molar-refractivity contribution is 5.94. The van der Waals surface area contributed by atoms with Crippen molar-refractivity contribution < 1.29 is 4.74 Å². The number of benzene rings is 2. The highest BCUT2D eigenvalue weighted by atomic mass is 16.5. The summed E-state index contributed by atoms with van der Waals surface area (Å²) in [6.07, 6.45) is 5.63. The van der Waals surface area contributed by atoms with E-state index in [1.807, 2.05) is 12.1 Å². The molecule has 31 heavy (non-hydrogen) atoms. The summed E-state index contributed by atoms with van der Waals surface area (Å²) in [6.45, 7) is 3.55. The van der Waals surface area contributed by atoms with Gasteiger partial charge < -0.3 is 10.5 Å². The molecule has 1 aliphatic heterocycles. The van der Waals surface area contributed by atoms with Crippen LogP contribution in [0.5, 0.6) is 5.75 Å². The first-order chi connectivity index (χ1) is 15.0. The number of pyridine rings is 1. The van der Waals surface area contributed by atoms with E-state index >= 15 is 0 Å². The number of ether oxygens (including phenoxy) is 1. The van der Waals surface area contributed by atoms with Crippen LogP contribution in [0.15, 0.2) is 54.6 Å². The van der Waals surface area contributed by atoms with Crippen LogP contribution in [0.3, 0.4) is 0 Å². The minimum absolute atomic E-state index is 0.651. The molecule has 4 nitrogen and oxygen atoms in total. The van der Waals surface area contributed by atoms with E-state index in [1.165, 1.54) is 52.9 Å². The number of hydrogen-bond acceptors (Lipinski definition) is 3. The molecule has 0 unspecified atom stereocenters. The van der Waals surface area contributed by atoms with Gasteiger partial charge >= 0.3 is 0 Å². The lowest BCUT2D eigenvalue weighted by molar-refractivity contribution is 0.313. The van der Waals surface area contributed by atoms with Crippen LogP contribution in [0, 0.1) is 0 Å². The second kappa shape index (κ2) is 9.21. The van der Waals surface area contributed by atoms with E-state index in [0.29, 0.717) is 17.6 Å². The Kier molecular flexibility index (Phi) is 6.40. The molecule has 0 saturated carbocycles. The summed E-state index contributed by atoms with van der Waals surface area (Å²) in [5, 5.41) is 0. The maximum absolute atomic E-state index is 5.74. The van der Waals surface area contributed by atoms with Crippen molar-refractivity contribution in [3.63, 3.8) is 0 Å². The molecule has 0 aliphatic carbocycles. The summed E-state index contributed by atoms with van der Waals surface area (Å²) in [7, 11) is 4.47. The van der Waals surface area contributed by atoms with Crippen LogP contribution in [0.4, 0.5) is 11.5 Å². The summed E-state index contributed by atoms with van der Waals surface area (Å²) in [6, 6.07) is 19.6. The third-order valence-corrected chi connectivity index (χ3v) is 6.19. The second-order valence-corrected chi connectivity index (χ2v) is 8.83. The largest absolute Gasteiger partial charge is 0.494 e. The van der Waals surface area contributed by atoms with Gasteiger partial charge in [0.1, 0.15) is 11.4 Å². The van der Waals surface area contributed by atoms with Crippen LogP contribution < -0.4 is 15.0 Å². The van der Waals surface area contributed by atoms with Crippen molar-refractivity contribution in [3.8, 4) is 28.0 Å². The molecular formula is C27H34N3O+. The van der Waals surface area contributed by atoms with Gasteiger partial charge in [0.2, 0.25) is 5.82 Å². The van der Waals surface area contributed by atoms with Gasteiger partial charge in [0, 0.05) is 11.8 Å². The number of nitrogens with two attached hydrogens (primary N) is 1. The quantitative estimate of drug-likeness (QED) is 0.339. The number of unbranched alkanes of at least 4 members (excludes halogenated alkanes) is 2. The minimum atomic E-state index is 0.651. The standard InChI is InChI=1S/C27H34N3O/c1-4-5-6-8-22-12-15-24-25-19-21(11-16-26(25)30(2,3)27(24)29-22)20-9-13-23(14-10-20)31-18-7-17-28/h9-16,19H,4-8,17-18,28H2,1-3H3/q+1. The molecule has 4 rings (SSSR count). The number of rotatable bonds is 9. The predicted octanol–water partition coefficient (Wildman–Crippen LogP) is 6.09. The summed E-state index contributed by atoms with van der Waals surface area (Å²) < 4.78 is 6.44. The topological polar surface area (TPSA) is 48.1 Å². The Hall–Kier alpha value is -2.69. The normalized spacial score (nSPS) is 13.7. The molecule has 0 saturated heterocycles. The molecule has 162 valence electrons. The van der Waals surface area contributed by atoms with Crippen LogP contribution in [-0.4, -0.2) is 32.2 Å². The van der Waals surface area contributed by atoms with Crippen molar-refractivity contribution in [1.29, 1.82) is 0 Å². The fraction of sp³-hybridized carbons (Fsp3) is 0.370. The van der Waals surface area contributed by atoms with Gasteiger partial charge in [-0.05, 0) is 73.3 Å². The number of nitrogens with zero attached hydrogens (tertiary/aromatic N) is 2. The van der Waals surface area contributed by atoms with Crippen molar-refractivity contribution in [2.75, 3.05) is 27.2 Å². The fourth-order valence-corrected chi connectivity index (χ4v) is 4.37. The Bertz CT molecular complexity index is 1040. The van der Waals surface area contributed by atoms with Gasteiger partial charge in [-0.2, -0.15) is 0 Å². The molecule has 0 amide bonds. The Balaban J connectivity index is 1.61. The second-order valence-electron chi connectivity index (χ2n) is 8.83. The molecule has 0 spiro atoms. The van der Waals surface area contributed by atoms with E-state index < -0.39 is 0 Å². The van der Waals surface area contributed by atoms with E-state index in [0.717, 1.165) is 24.4 Å². The summed E-state index contributed by atoms with van der Waals surface area (Å²) in [5.41, 5.74) is 13.0. The van der Waals surface area contributed by atoms with Crippen LogP contribution in [0.2, 0.25) is 0 Å². The smallest absolute Gasteiger partial charge is 0.240 e. The summed E-state index contributed by atoms with van der Waals surface area (Å²) in [4.78, 5) is 5.09. The Labute approximate surface area is 186 Å². The van der Waals surface area contributed by atoms with E-state index in [1.54, 1.807) is 0 Å². The van der Waals surface area contributed by atoms with Crippen molar-refractivity contribution >= 4 is 11.5 Å². The molecule has 4 heteroatoms. The molecule has 1 aliphatic rings. The van der Waals surface area contributed by atoms with Crippen molar-refractivity contribution in [2.24, 2.45) is 5.73 Å². The lowest BCUT2D eigenvalue weighted by Gasteiger charge is -2.24. The number of aromatic nitrogens is 1. The average molecular weight is 417 g/mol. The molecule has 2 N–H and O–H groups in total. The molecular weight excluding hydrogens is 382 g/mol. The first-order valence-corrected chi connectivity index (χ1v) is 11.5. The third-order valence-electron chi connectivity index (χ3n) is 6.19. The molecule has 0 bridgehead atoms. The lowest BCUT2D eigenvalue weighted by atomic mass is 9.99. The monoisotopic (exact) mass is 416 g/mol. The maximum atomic E-state index is 5.74. The van der Waals surface area contributed by atoms with E-state index in [9.17, 15) is 0 Å². The molecule has 0 atom stereocenters. The van der Waals surface area contributed by atoms with Gasteiger partial charge in [-0.25, -0.2) is 9.47 Å². The summed E-state index contributed by atoms with van der Waals surface area (Å²) in [5.74, 6) is 2.05. The fourth-order valence-electron chi connectivity index (χ4n) is 4.37. The molecule has 0 radical (unpaired) electrons. The minimum Gasteiger partial charge on any atom is -0.494 e. The molecule has 1 aromatic heterocycles. The molecule has 3 aromatic rings. The van der Waals surface area contributed by atoms with Crippen LogP contribution >= 0.6 is 0 Å². The number of quaternary nitrogens is 1. The van der Waals surface area contributed by atoms with Gasteiger partial charge in [-0.1, -0.05) is 31.9 Å². The zero-order chi connectivity index (χ0) is 21.8. The van der Waals surface area contributed by atoms with Crippen molar-refractivity contribution in [1.82, 2.24) is 9.47 Å². The van der Waals surface area contributed by atoms with Gasteiger partial charge in [-0.15, -0.1) is 0 Å². The molecule has 0 fully saturated rings. The predicted molar refractivity (Wildman–Crippen MR) is 131 cm³/mol. The van der Waals surface area contributed by atoms with Gasteiger partial charge in [-0.3, -0.25) is 0 Å². The number of hydrogen-bond donors (Lipinski definition) is 1. The van der Waals surface area contributed by atoms with Crippen LogP contribution in [0.25, 0.3) is 22.3 Å². The van der Waals surface area contributed by atoms with E-state index in [2.05, 4.69) is 63.5 Å². The first-order valence-electron chi connectivity index (χ1n) is 11.5. The van der Waals surface area contributed by atoms with E-state index in [4.69, 9.17) is 15.5 Å². The molecule has 2 aromatic carbocycles. The first kappa shape index (κ1) is 21.5. The van der Waals surface area contributed by atoms with Crippen molar-refractivity contribution in [3.05, 3.63) is 60.3 Å². The summed E-state index contributed by atoms with van der Waals surface area (Å²) >= 11 is 0. The highest BCUT2D eigenvalue weighted by Gasteiger charge is 2.38. The van der Waals surface area contributed by atoms with Gasteiger partial charge in [0.25, 0.3) is 0 Å². The Morgan fingerprint density at radius 1 is 0.871 bits per heavy atom. The van der Waals surface area contributed by atoms with Gasteiger partial charge in [0.15, 0.2) is 0 Å². The zero-order valence-corrected chi connectivity index (χ0v) is 19.0. The SMILES string of the molecule is CCCCCc1ccc2c(n1)[N+](C)(C)c1ccc(-c3ccc(OCCCN)cc3)cc1-2. The van der Waals surface area contributed by atoms with Crippen LogP contribution in [-0.2, 0) is 6.42 Å². The number of fused-ring (bicyclic) bond motifs is 3. The third kappa shape index (κ3) is 4.36. The highest BCUT2D eigenvalue weighted by Crippen LogP contribution is 2.50. The van der Waals surface area contributed by atoms with Crippen LogP contribution in [0.1, 0.15) is 38.3 Å². The van der Waals surface area contributed by atoms with Crippen molar-refractivity contribution in [2.45, 2.75) is 39.0 Å². The average Bonchev–Trinajstić information content (AvgIpc) is 3.01. The number of aryl methyl sites for hydroxylation is 1. The van der Waals surface area contributed by atoms with E-state index in [-0.39, 0.29) is 0 Å². The zero-order valence-electron chi connectivity index (χ0n) is 19.0. The Morgan fingerprint density at radius 2 is 1.65 bits per heavy atom. The molecule has 2 heterocycles. The maximum Gasteiger partial charge on any atom is 0.240 e. The Morgan fingerprint density at radius 3 is 2.39 bits per heavy atom. The lowest BCUT2D eigenvalue weighted by Crippen LogP contribution is -2.33. The van der Waals surface area contributed by atoms with Gasteiger partial charge in [0.05, 0.1) is 31.8 Å².